The van der Waals surface area contributed by atoms with Crippen molar-refractivity contribution in [2.75, 3.05) is 18.5 Å². The van der Waals surface area contributed by atoms with Gasteiger partial charge in [0, 0.05) is 25.3 Å². The Morgan fingerprint density at radius 1 is 1.36 bits per heavy atom. The molecular weight excluding hydrogens is 172 g/mol. The number of benzene rings is 1. The Morgan fingerprint density at radius 2 is 2.00 bits per heavy atom. The van der Waals surface area contributed by atoms with Crippen LogP contribution in [0.1, 0.15) is 18.1 Å². The molecule has 0 bridgehead atoms. The summed E-state index contributed by atoms with van der Waals surface area (Å²) in [5, 5.41) is 0. The quantitative estimate of drug-likeness (QED) is 0.794. The lowest BCUT2D eigenvalue weighted by Crippen LogP contribution is -2.33. The Hall–Kier alpha value is -1.02. The number of likely N-dealkylation sites (N-methyl/N-ethyl adjacent to an activating group) is 1. The Balaban J connectivity index is 2.84. The fourth-order valence-corrected chi connectivity index (χ4v) is 1.76. The first-order chi connectivity index (χ1) is 6.50. The third kappa shape index (κ3) is 2.74. The van der Waals surface area contributed by atoms with Crippen LogP contribution in [-0.4, -0.2) is 19.6 Å². The largest absolute Gasteiger partial charge is 0.373 e. The van der Waals surface area contributed by atoms with Crippen molar-refractivity contribution in [2.24, 2.45) is 5.73 Å². The third-order valence-corrected chi connectivity index (χ3v) is 2.33. The summed E-state index contributed by atoms with van der Waals surface area (Å²) in [5.41, 5.74) is 9.66. The van der Waals surface area contributed by atoms with Crippen molar-refractivity contribution in [2.45, 2.75) is 26.8 Å². The molecule has 2 N–H and O–H groups in total. The Kier molecular flexibility index (Phi) is 3.53. The number of aryl methyl sites for hydroxylation is 2. The summed E-state index contributed by atoms with van der Waals surface area (Å²) in [7, 11) is 2.08. The van der Waals surface area contributed by atoms with Gasteiger partial charge >= 0.3 is 0 Å². The number of nitrogens with zero attached hydrogens (tertiary/aromatic N) is 1. The van der Waals surface area contributed by atoms with Gasteiger partial charge in [0.25, 0.3) is 0 Å². The van der Waals surface area contributed by atoms with Gasteiger partial charge < -0.3 is 10.6 Å². The van der Waals surface area contributed by atoms with E-state index in [9.17, 15) is 0 Å². The fraction of sp³-hybridized carbons (Fsp3) is 0.500. The minimum absolute atomic E-state index is 0.209. The van der Waals surface area contributed by atoms with E-state index in [2.05, 4.69) is 44.0 Å². The molecule has 14 heavy (non-hydrogen) atoms. The lowest BCUT2D eigenvalue weighted by molar-refractivity contribution is 0.716. The maximum absolute atomic E-state index is 5.77. The highest BCUT2D eigenvalue weighted by Crippen LogP contribution is 2.19. The van der Waals surface area contributed by atoms with Gasteiger partial charge in [0.1, 0.15) is 0 Å². The van der Waals surface area contributed by atoms with Crippen molar-refractivity contribution in [3.05, 3.63) is 29.3 Å². The summed E-state index contributed by atoms with van der Waals surface area (Å²) in [5.74, 6) is 0. The fourth-order valence-electron chi connectivity index (χ4n) is 1.76. The van der Waals surface area contributed by atoms with E-state index in [0.29, 0.717) is 0 Å². The first-order valence-electron chi connectivity index (χ1n) is 5.04. The van der Waals surface area contributed by atoms with Crippen molar-refractivity contribution in [1.29, 1.82) is 0 Å². The van der Waals surface area contributed by atoms with E-state index < -0.39 is 0 Å². The van der Waals surface area contributed by atoms with Gasteiger partial charge in [0.05, 0.1) is 0 Å². The number of nitrogens with two attached hydrogens (primary N) is 1. The van der Waals surface area contributed by atoms with Crippen LogP contribution in [0.3, 0.4) is 0 Å². The molecule has 0 aliphatic carbocycles. The highest BCUT2D eigenvalue weighted by atomic mass is 15.1. The highest BCUT2D eigenvalue weighted by Gasteiger charge is 2.05. The van der Waals surface area contributed by atoms with E-state index >= 15 is 0 Å². The Bertz CT molecular complexity index is 305. The molecular formula is C12H20N2. The summed E-state index contributed by atoms with van der Waals surface area (Å²) in [6, 6.07) is 6.71. The van der Waals surface area contributed by atoms with Gasteiger partial charge in [0.15, 0.2) is 0 Å². The molecule has 78 valence electrons. The van der Waals surface area contributed by atoms with E-state index in [0.717, 1.165) is 6.54 Å². The van der Waals surface area contributed by atoms with Crippen LogP contribution in [0.4, 0.5) is 5.69 Å². The van der Waals surface area contributed by atoms with Gasteiger partial charge in [-0.05, 0) is 32.4 Å². The number of hydrogen-bond acceptors (Lipinski definition) is 2. The van der Waals surface area contributed by atoms with Gasteiger partial charge in [-0.2, -0.15) is 0 Å². The van der Waals surface area contributed by atoms with Crippen LogP contribution < -0.4 is 10.6 Å². The Labute approximate surface area is 86.7 Å². The van der Waals surface area contributed by atoms with Gasteiger partial charge in [-0.3, -0.25) is 0 Å². The van der Waals surface area contributed by atoms with Gasteiger partial charge in [-0.25, -0.2) is 0 Å². The normalized spacial score (nSPS) is 12.6. The van der Waals surface area contributed by atoms with Crippen LogP contribution >= 0.6 is 0 Å². The molecule has 0 aliphatic heterocycles. The molecule has 1 atom stereocenters. The molecule has 1 rings (SSSR count). The average molecular weight is 192 g/mol. The van der Waals surface area contributed by atoms with Crippen molar-refractivity contribution in [1.82, 2.24) is 0 Å². The second kappa shape index (κ2) is 4.47. The molecule has 0 fully saturated rings. The molecule has 0 spiro atoms. The van der Waals surface area contributed by atoms with Crippen molar-refractivity contribution >= 4 is 5.69 Å². The minimum atomic E-state index is 0.209. The van der Waals surface area contributed by atoms with Crippen LogP contribution in [0.15, 0.2) is 18.2 Å². The second-order valence-corrected chi connectivity index (χ2v) is 4.15. The van der Waals surface area contributed by atoms with E-state index in [1.54, 1.807) is 0 Å². The Morgan fingerprint density at radius 3 is 2.50 bits per heavy atom. The lowest BCUT2D eigenvalue weighted by Gasteiger charge is -2.23. The van der Waals surface area contributed by atoms with Crippen LogP contribution in [0.5, 0.6) is 0 Å². The minimum Gasteiger partial charge on any atom is -0.373 e. The van der Waals surface area contributed by atoms with Crippen LogP contribution in [0, 0.1) is 13.8 Å². The predicted octanol–water partition coefficient (Wildman–Crippen LogP) is 2.09. The molecule has 2 heteroatoms. The first kappa shape index (κ1) is 11.1. The smallest absolute Gasteiger partial charge is 0.0394 e. The van der Waals surface area contributed by atoms with E-state index in [1.807, 2.05) is 6.92 Å². The molecule has 0 unspecified atom stereocenters. The molecule has 0 radical (unpaired) electrons. The molecule has 2 nitrogen and oxygen atoms in total. The SMILES string of the molecule is Cc1ccc(N(C)C[C@@H](C)N)c(C)c1. The molecule has 1 aromatic rings. The van der Waals surface area contributed by atoms with Gasteiger partial charge in [-0.1, -0.05) is 17.7 Å². The molecule has 0 amide bonds. The number of hydrogen-bond donors (Lipinski definition) is 1. The summed E-state index contributed by atoms with van der Waals surface area (Å²) in [6.45, 7) is 7.17. The summed E-state index contributed by atoms with van der Waals surface area (Å²) in [6.07, 6.45) is 0. The van der Waals surface area contributed by atoms with Crippen LogP contribution in [0.25, 0.3) is 0 Å². The molecule has 0 saturated carbocycles. The average Bonchev–Trinajstić information content (AvgIpc) is 2.01. The van der Waals surface area contributed by atoms with E-state index in [-0.39, 0.29) is 6.04 Å². The van der Waals surface area contributed by atoms with E-state index in [4.69, 9.17) is 5.73 Å². The predicted molar refractivity (Wildman–Crippen MR) is 62.8 cm³/mol. The van der Waals surface area contributed by atoms with Crippen molar-refractivity contribution < 1.29 is 0 Å². The topological polar surface area (TPSA) is 29.3 Å². The van der Waals surface area contributed by atoms with Crippen LogP contribution in [-0.2, 0) is 0 Å². The molecule has 0 aromatic heterocycles. The summed E-state index contributed by atoms with van der Waals surface area (Å²) >= 11 is 0. The molecule has 1 aromatic carbocycles. The van der Waals surface area contributed by atoms with E-state index in [1.165, 1.54) is 16.8 Å². The van der Waals surface area contributed by atoms with Crippen molar-refractivity contribution in [3.8, 4) is 0 Å². The van der Waals surface area contributed by atoms with Gasteiger partial charge in [0.2, 0.25) is 0 Å². The number of rotatable bonds is 3. The third-order valence-electron chi connectivity index (χ3n) is 2.33. The zero-order valence-corrected chi connectivity index (χ0v) is 9.54. The van der Waals surface area contributed by atoms with Crippen LogP contribution in [0.2, 0.25) is 0 Å². The second-order valence-electron chi connectivity index (χ2n) is 4.15. The zero-order chi connectivity index (χ0) is 10.7. The maximum Gasteiger partial charge on any atom is 0.0394 e. The molecule has 0 saturated heterocycles. The van der Waals surface area contributed by atoms with Crippen molar-refractivity contribution in [3.63, 3.8) is 0 Å². The first-order valence-corrected chi connectivity index (χ1v) is 5.04. The zero-order valence-electron chi connectivity index (χ0n) is 9.54. The monoisotopic (exact) mass is 192 g/mol. The van der Waals surface area contributed by atoms with Gasteiger partial charge in [-0.15, -0.1) is 0 Å². The maximum atomic E-state index is 5.77. The molecule has 0 aliphatic rings. The molecule has 0 heterocycles. The summed E-state index contributed by atoms with van der Waals surface area (Å²) in [4.78, 5) is 2.21. The lowest BCUT2D eigenvalue weighted by atomic mass is 10.1. The number of anilines is 1. The standard InChI is InChI=1S/C12H20N2/c1-9-5-6-12(10(2)7-9)14(4)8-11(3)13/h5-7,11H,8,13H2,1-4H3/t11-/m1/s1. The highest BCUT2D eigenvalue weighted by molar-refractivity contribution is 5.53. The summed E-state index contributed by atoms with van der Waals surface area (Å²) < 4.78 is 0.